The Hall–Kier alpha value is -1.69. The Balaban J connectivity index is 1.96. The van der Waals surface area contributed by atoms with E-state index in [4.69, 9.17) is 10.8 Å². The van der Waals surface area contributed by atoms with Crippen molar-refractivity contribution < 1.29 is 9.50 Å². The highest BCUT2D eigenvalue weighted by Gasteiger charge is 2.20. The lowest BCUT2D eigenvalue weighted by molar-refractivity contribution is 0.415. The van der Waals surface area contributed by atoms with Crippen LogP contribution in [0.15, 0.2) is 39.3 Å². The van der Waals surface area contributed by atoms with Crippen molar-refractivity contribution in [1.29, 1.82) is 0 Å². The molecule has 20 heavy (non-hydrogen) atoms. The number of benzene rings is 1. The number of anilines is 1. The van der Waals surface area contributed by atoms with Crippen LogP contribution in [-0.4, -0.2) is 17.5 Å². The van der Waals surface area contributed by atoms with Gasteiger partial charge in [0.05, 0.1) is 10.7 Å². The van der Waals surface area contributed by atoms with E-state index in [0.717, 1.165) is 30.1 Å². The van der Waals surface area contributed by atoms with E-state index < -0.39 is 0 Å². The molecule has 1 saturated carbocycles. The average molecular weight is 295 g/mol. The number of amidine groups is 1. The van der Waals surface area contributed by atoms with Crippen molar-refractivity contribution >= 4 is 23.5 Å². The SMILES string of the molecule is C/C(O)=C/C(N)=N\Sc1ccc(NCC2CC2)cc1F. The highest BCUT2D eigenvalue weighted by atomic mass is 32.2. The number of hydrogen-bond acceptors (Lipinski definition) is 4. The summed E-state index contributed by atoms with van der Waals surface area (Å²) in [4.78, 5) is 0.397. The van der Waals surface area contributed by atoms with Gasteiger partial charge < -0.3 is 16.2 Å². The molecule has 0 amide bonds. The molecular weight excluding hydrogens is 277 g/mol. The summed E-state index contributed by atoms with van der Waals surface area (Å²) in [6.07, 6.45) is 3.83. The third kappa shape index (κ3) is 4.77. The summed E-state index contributed by atoms with van der Waals surface area (Å²) in [5.74, 6) is 0.611. The van der Waals surface area contributed by atoms with E-state index in [9.17, 15) is 4.39 Å². The van der Waals surface area contributed by atoms with Gasteiger partial charge in [-0.05, 0) is 43.9 Å². The first-order valence-electron chi connectivity index (χ1n) is 6.46. The van der Waals surface area contributed by atoms with Crippen LogP contribution >= 0.6 is 11.9 Å². The van der Waals surface area contributed by atoms with Crippen LogP contribution in [0, 0.1) is 11.7 Å². The zero-order valence-corrected chi connectivity index (χ0v) is 12.1. The molecule has 0 radical (unpaired) electrons. The molecule has 6 heteroatoms. The topological polar surface area (TPSA) is 70.6 Å². The molecule has 1 aromatic carbocycles. The second-order valence-corrected chi connectivity index (χ2v) is 5.67. The van der Waals surface area contributed by atoms with Crippen LogP contribution in [0.3, 0.4) is 0 Å². The van der Waals surface area contributed by atoms with E-state index in [1.54, 1.807) is 6.07 Å². The summed E-state index contributed by atoms with van der Waals surface area (Å²) in [6.45, 7) is 2.39. The Bertz CT molecular complexity index is 537. The van der Waals surface area contributed by atoms with E-state index >= 15 is 0 Å². The van der Waals surface area contributed by atoms with E-state index in [1.807, 2.05) is 6.07 Å². The predicted octanol–water partition coefficient (Wildman–Crippen LogP) is 3.47. The summed E-state index contributed by atoms with van der Waals surface area (Å²) in [6, 6.07) is 4.96. The number of allylic oxidation sites excluding steroid dienone is 1. The van der Waals surface area contributed by atoms with Crippen LogP contribution in [-0.2, 0) is 0 Å². The third-order valence-corrected chi connectivity index (χ3v) is 3.66. The Morgan fingerprint density at radius 2 is 2.35 bits per heavy atom. The van der Waals surface area contributed by atoms with Gasteiger partial charge in [0.1, 0.15) is 11.7 Å². The third-order valence-electron chi connectivity index (χ3n) is 2.83. The number of hydrogen-bond donors (Lipinski definition) is 3. The van der Waals surface area contributed by atoms with Gasteiger partial charge in [-0.1, -0.05) is 0 Å². The summed E-state index contributed by atoms with van der Waals surface area (Å²) in [7, 11) is 0. The fourth-order valence-corrected chi connectivity index (χ4v) is 2.14. The summed E-state index contributed by atoms with van der Waals surface area (Å²) < 4.78 is 17.8. The number of halogens is 1. The average Bonchev–Trinajstić information content (AvgIpc) is 3.18. The van der Waals surface area contributed by atoms with Crippen LogP contribution in [0.4, 0.5) is 10.1 Å². The van der Waals surface area contributed by atoms with Gasteiger partial charge in [-0.25, -0.2) is 4.39 Å². The van der Waals surface area contributed by atoms with Crippen molar-refractivity contribution in [2.24, 2.45) is 16.0 Å². The normalized spacial score (nSPS) is 16.3. The molecule has 0 unspecified atom stereocenters. The maximum absolute atomic E-state index is 13.9. The van der Waals surface area contributed by atoms with Gasteiger partial charge in [0.2, 0.25) is 0 Å². The molecule has 1 aliphatic carbocycles. The molecule has 0 saturated heterocycles. The van der Waals surface area contributed by atoms with Crippen LogP contribution in [0.25, 0.3) is 0 Å². The Labute approximate surface area is 122 Å². The fourth-order valence-electron chi connectivity index (χ4n) is 1.61. The molecule has 0 bridgehead atoms. The van der Waals surface area contributed by atoms with Gasteiger partial charge in [0, 0.05) is 30.3 Å². The first-order chi connectivity index (χ1) is 9.54. The summed E-state index contributed by atoms with van der Waals surface area (Å²) in [5, 5.41) is 12.2. The van der Waals surface area contributed by atoms with Gasteiger partial charge in [-0.2, -0.15) is 4.40 Å². The number of nitrogens with one attached hydrogen (secondary N) is 1. The fraction of sp³-hybridized carbons (Fsp3) is 0.357. The molecule has 4 nitrogen and oxygen atoms in total. The Morgan fingerprint density at radius 1 is 1.60 bits per heavy atom. The lowest BCUT2D eigenvalue weighted by Crippen LogP contribution is -2.07. The van der Waals surface area contributed by atoms with E-state index in [1.165, 1.54) is 31.9 Å². The molecule has 108 valence electrons. The van der Waals surface area contributed by atoms with Crippen LogP contribution < -0.4 is 11.1 Å². The molecule has 0 spiro atoms. The van der Waals surface area contributed by atoms with Gasteiger partial charge >= 0.3 is 0 Å². The van der Waals surface area contributed by atoms with Crippen LogP contribution in [0.2, 0.25) is 0 Å². The Kier molecular flexibility index (Phi) is 4.89. The highest BCUT2D eigenvalue weighted by molar-refractivity contribution is 7.98. The molecule has 0 aliphatic heterocycles. The highest BCUT2D eigenvalue weighted by Crippen LogP contribution is 2.30. The van der Waals surface area contributed by atoms with Gasteiger partial charge in [-0.3, -0.25) is 0 Å². The second kappa shape index (κ2) is 6.65. The van der Waals surface area contributed by atoms with Crippen molar-refractivity contribution in [3.63, 3.8) is 0 Å². The number of aliphatic hydroxyl groups is 1. The predicted molar refractivity (Wildman–Crippen MR) is 81.5 cm³/mol. The number of nitrogens with zero attached hydrogens (tertiary/aromatic N) is 1. The molecular formula is C14H18FN3OS. The second-order valence-electron chi connectivity index (χ2n) is 4.86. The lowest BCUT2D eigenvalue weighted by atomic mass is 10.3. The smallest absolute Gasteiger partial charge is 0.140 e. The van der Waals surface area contributed by atoms with E-state index in [2.05, 4.69) is 9.71 Å². The van der Waals surface area contributed by atoms with Crippen molar-refractivity contribution in [1.82, 2.24) is 0 Å². The van der Waals surface area contributed by atoms with E-state index in [0.29, 0.717) is 4.90 Å². The Morgan fingerprint density at radius 3 is 2.95 bits per heavy atom. The van der Waals surface area contributed by atoms with Gasteiger partial charge in [0.15, 0.2) is 0 Å². The van der Waals surface area contributed by atoms with Crippen molar-refractivity contribution in [2.75, 3.05) is 11.9 Å². The maximum atomic E-state index is 13.9. The number of rotatable bonds is 6. The first kappa shape index (κ1) is 14.7. The van der Waals surface area contributed by atoms with Crippen molar-refractivity contribution in [2.45, 2.75) is 24.7 Å². The molecule has 1 aliphatic rings. The van der Waals surface area contributed by atoms with Crippen LogP contribution in [0.1, 0.15) is 19.8 Å². The molecule has 1 aromatic rings. The minimum Gasteiger partial charge on any atom is -0.512 e. The largest absolute Gasteiger partial charge is 0.512 e. The monoisotopic (exact) mass is 295 g/mol. The lowest BCUT2D eigenvalue weighted by Gasteiger charge is -2.06. The number of nitrogens with two attached hydrogens (primary N) is 1. The van der Waals surface area contributed by atoms with Crippen LogP contribution in [0.5, 0.6) is 0 Å². The standard InChI is InChI=1S/C14H18FN3OS/c1-9(19)6-14(16)18-20-13-5-4-11(7-12(13)15)17-8-10-2-3-10/h4-7,10,17,19H,2-3,8H2,1H3,(H2,16,18)/b9-6-. The molecule has 2 rings (SSSR count). The minimum atomic E-state index is -0.336. The number of aliphatic hydroxyl groups excluding tert-OH is 1. The van der Waals surface area contributed by atoms with Gasteiger partial charge in [0.25, 0.3) is 0 Å². The van der Waals surface area contributed by atoms with Gasteiger partial charge in [-0.15, -0.1) is 0 Å². The quantitative estimate of drug-likeness (QED) is 0.325. The zero-order chi connectivity index (χ0) is 14.5. The molecule has 4 N–H and O–H groups in total. The summed E-state index contributed by atoms with van der Waals surface area (Å²) in [5.41, 5.74) is 6.33. The van der Waals surface area contributed by atoms with E-state index in [-0.39, 0.29) is 17.4 Å². The van der Waals surface area contributed by atoms with Crippen molar-refractivity contribution in [3.05, 3.63) is 35.9 Å². The molecule has 0 aromatic heterocycles. The first-order valence-corrected chi connectivity index (χ1v) is 7.23. The maximum Gasteiger partial charge on any atom is 0.140 e. The zero-order valence-electron chi connectivity index (χ0n) is 11.3. The molecule has 0 heterocycles. The minimum absolute atomic E-state index is 0.0620. The molecule has 0 atom stereocenters. The van der Waals surface area contributed by atoms with Crippen molar-refractivity contribution in [3.8, 4) is 0 Å². The summed E-state index contributed by atoms with van der Waals surface area (Å²) >= 11 is 0.947. The molecule has 1 fully saturated rings.